The minimum absolute atomic E-state index is 0.107. The summed E-state index contributed by atoms with van der Waals surface area (Å²) in [5.41, 5.74) is 3.22. The van der Waals surface area contributed by atoms with Crippen LogP contribution in [0.5, 0.6) is 0 Å². The van der Waals surface area contributed by atoms with Crippen LogP contribution in [0.1, 0.15) is 16.7 Å². The zero-order valence-electron chi connectivity index (χ0n) is 11.1. The van der Waals surface area contributed by atoms with E-state index in [0.717, 1.165) is 11.1 Å². The van der Waals surface area contributed by atoms with Crippen molar-refractivity contribution >= 4 is 12.0 Å². The summed E-state index contributed by atoms with van der Waals surface area (Å²) in [6.45, 7) is 2.58. The number of benzene rings is 1. The Morgan fingerprint density at radius 3 is 2.74 bits per heavy atom. The highest BCUT2D eigenvalue weighted by molar-refractivity contribution is 5.91. The summed E-state index contributed by atoms with van der Waals surface area (Å²) < 4.78 is 1.70. The molecule has 0 saturated heterocycles. The predicted octanol–water partition coefficient (Wildman–Crippen LogP) is 2.06. The predicted molar refractivity (Wildman–Crippen MR) is 75.3 cm³/mol. The van der Waals surface area contributed by atoms with Gasteiger partial charge in [-0.1, -0.05) is 29.8 Å². The van der Waals surface area contributed by atoms with E-state index >= 15 is 0 Å². The van der Waals surface area contributed by atoms with Gasteiger partial charge in [-0.05, 0) is 18.6 Å². The number of carbonyl (C=O) groups excluding carboxylic acids is 1. The van der Waals surface area contributed by atoms with Crippen molar-refractivity contribution in [3.63, 3.8) is 0 Å². The summed E-state index contributed by atoms with van der Waals surface area (Å²) in [5, 5.41) is 6.87. The van der Waals surface area contributed by atoms with Crippen molar-refractivity contribution in [2.45, 2.75) is 13.5 Å². The van der Waals surface area contributed by atoms with Gasteiger partial charge in [0.05, 0.1) is 6.20 Å². The van der Waals surface area contributed by atoms with E-state index in [1.807, 2.05) is 44.4 Å². The Kier molecular flexibility index (Phi) is 4.13. The molecule has 0 fully saturated rings. The Labute approximate surface area is 112 Å². The van der Waals surface area contributed by atoms with E-state index in [1.165, 1.54) is 11.6 Å². The van der Waals surface area contributed by atoms with Crippen molar-refractivity contribution in [2.75, 3.05) is 0 Å². The molecule has 0 saturated carbocycles. The van der Waals surface area contributed by atoms with E-state index in [2.05, 4.69) is 10.4 Å². The van der Waals surface area contributed by atoms with Crippen LogP contribution in [0, 0.1) is 6.92 Å². The van der Waals surface area contributed by atoms with Crippen molar-refractivity contribution < 1.29 is 4.79 Å². The fraction of sp³-hybridized carbons (Fsp3) is 0.200. The molecule has 0 atom stereocenters. The Morgan fingerprint density at radius 1 is 1.37 bits per heavy atom. The molecule has 1 aromatic heterocycles. The van der Waals surface area contributed by atoms with Gasteiger partial charge in [0.25, 0.3) is 0 Å². The van der Waals surface area contributed by atoms with Gasteiger partial charge >= 0.3 is 0 Å². The van der Waals surface area contributed by atoms with Crippen molar-refractivity contribution in [3.05, 3.63) is 59.4 Å². The lowest BCUT2D eigenvalue weighted by Crippen LogP contribution is -2.20. The molecule has 0 aliphatic heterocycles. The minimum Gasteiger partial charge on any atom is -0.348 e. The average Bonchev–Trinajstić information content (AvgIpc) is 2.81. The first kappa shape index (κ1) is 13.1. The zero-order chi connectivity index (χ0) is 13.7. The largest absolute Gasteiger partial charge is 0.348 e. The zero-order valence-corrected chi connectivity index (χ0v) is 11.1. The van der Waals surface area contributed by atoms with Crippen LogP contribution >= 0.6 is 0 Å². The topological polar surface area (TPSA) is 46.9 Å². The van der Waals surface area contributed by atoms with Gasteiger partial charge in [-0.3, -0.25) is 9.48 Å². The molecule has 0 unspecified atom stereocenters. The standard InChI is InChI=1S/C15H17N3O/c1-12-3-5-13(6-4-12)9-16-15(19)8-7-14-10-17-18(2)11-14/h3-8,10-11H,9H2,1-2H3,(H,16,19)/b8-7+. The maximum Gasteiger partial charge on any atom is 0.244 e. The van der Waals surface area contributed by atoms with E-state index < -0.39 is 0 Å². The van der Waals surface area contributed by atoms with Gasteiger partial charge in [-0.15, -0.1) is 0 Å². The van der Waals surface area contributed by atoms with Crippen molar-refractivity contribution in [2.24, 2.45) is 7.05 Å². The van der Waals surface area contributed by atoms with Crippen molar-refractivity contribution in [3.8, 4) is 0 Å². The molecule has 1 heterocycles. The first-order valence-electron chi connectivity index (χ1n) is 6.13. The number of nitrogens with one attached hydrogen (secondary N) is 1. The SMILES string of the molecule is Cc1ccc(CNC(=O)/C=C/c2cnn(C)c2)cc1. The summed E-state index contributed by atoms with van der Waals surface area (Å²) in [6, 6.07) is 8.10. The molecule has 0 aliphatic carbocycles. The highest BCUT2D eigenvalue weighted by atomic mass is 16.1. The van der Waals surface area contributed by atoms with Gasteiger partial charge in [-0.25, -0.2) is 0 Å². The number of nitrogens with zero attached hydrogens (tertiary/aromatic N) is 2. The first-order valence-corrected chi connectivity index (χ1v) is 6.13. The fourth-order valence-electron chi connectivity index (χ4n) is 1.65. The Hall–Kier alpha value is -2.36. The molecule has 98 valence electrons. The molecule has 1 N–H and O–H groups in total. The van der Waals surface area contributed by atoms with Crippen LogP contribution in [-0.2, 0) is 18.4 Å². The average molecular weight is 255 g/mol. The molecule has 4 nitrogen and oxygen atoms in total. The summed E-state index contributed by atoms with van der Waals surface area (Å²) in [5.74, 6) is -0.107. The third kappa shape index (κ3) is 4.10. The van der Waals surface area contributed by atoms with E-state index in [4.69, 9.17) is 0 Å². The number of hydrogen-bond donors (Lipinski definition) is 1. The lowest BCUT2D eigenvalue weighted by atomic mass is 10.1. The molecule has 4 heteroatoms. The highest BCUT2D eigenvalue weighted by Gasteiger charge is 1.97. The fourth-order valence-corrected chi connectivity index (χ4v) is 1.65. The van der Waals surface area contributed by atoms with Crippen LogP contribution in [0.15, 0.2) is 42.7 Å². The second kappa shape index (κ2) is 6.00. The maximum absolute atomic E-state index is 11.6. The summed E-state index contributed by atoms with van der Waals surface area (Å²) in [6.07, 6.45) is 6.83. The summed E-state index contributed by atoms with van der Waals surface area (Å²) in [7, 11) is 1.84. The molecule has 0 bridgehead atoms. The molecule has 0 spiro atoms. The van der Waals surface area contributed by atoms with E-state index in [1.54, 1.807) is 17.0 Å². The molecule has 0 aliphatic rings. The first-order chi connectivity index (χ1) is 9.13. The smallest absolute Gasteiger partial charge is 0.244 e. The maximum atomic E-state index is 11.6. The van der Waals surface area contributed by atoms with E-state index in [0.29, 0.717) is 6.54 Å². The highest BCUT2D eigenvalue weighted by Crippen LogP contribution is 2.03. The number of aryl methyl sites for hydroxylation is 2. The van der Waals surface area contributed by atoms with E-state index in [-0.39, 0.29) is 5.91 Å². The lowest BCUT2D eigenvalue weighted by Gasteiger charge is -2.02. The second-order valence-electron chi connectivity index (χ2n) is 4.48. The van der Waals surface area contributed by atoms with E-state index in [9.17, 15) is 4.79 Å². The van der Waals surface area contributed by atoms with Gasteiger partial charge in [0.15, 0.2) is 0 Å². The molecule has 1 amide bonds. The van der Waals surface area contributed by atoms with Crippen LogP contribution in [0.2, 0.25) is 0 Å². The lowest BCUT2D eigenvalue weighted by molar-refractivity contribution is -0.116. The third-order valence-corrected chi connectivity index (χ3v) is 2.74. The number of aromatic nitrogens is 2. The van der Waals surface area contributed by atoms with Crippen LogP contribution in [0.4, 0.5) is 0 Å². The second-order valence-corrected chi connectivity index (χ2v) is 4.48. The molecular weight excluding hydrogens is 238 g/mol. The number of rotatable bonds is 4. The Bertz CT molecular complexity index is 582. The molecule has 1 aromatic carbocycles. The molecule has 0 radical (unpaired) electrons. The Morgan fingerprint density at radius 2 is 2.11 bits per heavy atom. The molecule has 19 heavy (non-hydrogen) atoms. The normalized spacial score (nSPS) is 10.8. The molecule has 2 rings (SSSR count). The quantitative estimate of drug-likeness (QED) is 0.850. The summed E-state index contributed by atoms with van der Waals surface area (Å²) in [4.78, 5) is 11.6. The summed E-state index contributed by atoms with van der Waals surface area (Å²) >= 11 is 0. The molecular formula is C15H17N3O. The van der Waals surface area contributed by atoms with Gasteiger partial charge in [0.2, 0.25) is 5.91 Å². The van der Waals surface area contributed by atoms with Gasteiger partial charge < -0.3 is 5.32 Å². The van der Waals surface area contributed by atoms with Gasteiger partial charge in [0, 0.05) is 31.4 Å². The van der Waals surface area contributed by atoms with Gasteiger partial charge in [-0.2, -0.15) is 5.10 Å². The van der Waals surface area contributed by atoms with Crippen LogP contribution in [0.25, 0.3) is 6.08 Å². The number of hydrogen-bond acceptors (Lipinski definition) is 2. The third-order valence-electron chi connectivity index (χ3n) is 2.74. The number of amides is 1. The Balaban J connectivity index is 1.84. The van der Waals surface area contributed by atoms with Crippen LogP contribution < -0.4 is 5.32 Å². The molecule has 2 aromatic rings. The van der Waals surface area contributed by atoms with Crippen molar-refractivity contribution in [1.29, 1.82) is 0 Å². The minimum atomic E-state index is -0.107. The van der Waals surface area contributed by atoms with Crippen LogP contribution in [0.3, 0.4) is 0 Å². The van der Waals surface area contributed by atoms with Gasteiger partial charge in [0.1, 0.15) is 0 Å². The van der Waals surface area contributed by atoms with Crippen LogP contribution in [-0.4, -0.2) is 15.7 Å². The number of carbonyl (C=O) groups is 1. The van der Waals surface area contributed by atoms with Crippen molar-refractivity contribution in [1.82, 2.24) is 15.1 Å². The monoisotopic (exact) mass is 255 g/mol.